The van der Waals surface area contributed by atoms with Crippen LogP contribution < -0.4 is 0 Å². The molecular weight excluding hydrogens is 254 g/mol. The molecule has 2 aromatic rings. The van der Waals surface area contributed by atoms with Crippen molar-refractivity contribution in [2.24, 2.45) is 7.05 Å². The maximum absolute atomic E-state index is 10.8. The van der Waals surface area contributed by atoms with Crippen LogP contribution in [-0.2, 0) is 24.9 Å². The van der Waals surface area contributed by atoms with E-state index in [1.54, 1.807) is 0 Å². The van der Waals surface area contributed by atoms with E-state index in [0.29, 0.717) is 19.0 Å². The van der Waals surface area contributed by atoms with Crippen LogP contribution in [0.25, 0.3) is 11.0 Å². The second-order valence-electron chi connectivity index (χ2n) is 5.83. The van der Waals surface area contributed by atoms with E-state index in [9.17, 15) is 4.79 Å². The fourth-order valence-electron chi connectivity index (χ4n) is 2.99. The zero-order chi connectivity index (χ0) is 14.4. The summed E-state index contributed by atoms with van der Waals surface area (Å²) in [5, 5.41) is 8.89. The summed E-state index contributed by atoms with van der Waals surface area (Å²) in [4.78, 5) is 17.4. The Kier molecular flexibility index (Phi) is 3.01. The van der Waals surface area contributed by atoms with Gasteiger partial charge in [-0.3, -0.25) is 9.69 Å². The van der Waals surface area contributed by atoms with Crippen LogP contribution in [0.2, 0.25) is 0 Å². The topological polar surface area (TPSA) is 58.4 Å². The highest BCUT2D eigenvalue weighted by atomic mass is 16.4. The first kappa shape index (κ1) is 13.1. The average molecular weight is 273 g/mol. The van der Waals surface area contributed by atoms with Gasteiger partial charge in [0.1, 0.15) is 5.82 Å². The summed E-state index contributed by atoms with van der Waals surface area (Å²) < 4.78 is 2.14. The van der Waals surface area contributed by atoms with Crippen LogP contribution in [0.5, 0.6) is 0 Å². The molecule has 5 nitrogen and oxygen atoms in total. The number of hydrogen-bond donors (Lipinski definition) is 1. The zero-order valence-electron chi connectivity index (χ0n) is 12.1. The van der Waals surface area contributed by atoms with Crippen molar-refractivity contribution in [3.63, 3.8) is 0 Å². The number of aryl methyl sites for hydroxylation is 1. The number of carbonyl (C=O) groups is 1. The standard InChI is InChI=1S/C15H19N3O2/c1-9(2)15-16-12-4-10-6-18(8-14(19)20)7-11(10)5-13(12)17(15)3/h4-5,9H,6-8H2,1-3H3,(H,19,20). The Labute approximate surface area is 117 Å². The van der Waals surface area contributed by atoms with Gasteiger partial charge in [0.05, 0.1) is 17.6 Å². The highest BCUT2D eigenvalue weighted by molar-refractivity contribution is 5.78. The molecule has 0 aliphatic carbocycles. The Hall–Kier alpha value is -1.88. The minimum atomic E-state index is -0.775. The Morgan fingerprint density at radius 3 is 2.60 bits per heavy atom. The van der Waals surface area contributed by atoms with Gasteiger partial charge in [-0.15, -0.1) is 0 Å². The monoisotopic (exact) mass is 273 g/mol. The average Bonchev–Trinajstić information content (AvgIpc) is 2.86. The molecule has 0 radical (unpaired) electrons. The molecule has 1 aromatic carbocycles. The van der Waals surface area contributed by atoms with Crippen molar-refractivity contribution in [2.75, 3.05) is 6.54 Å². The van der Waals surface area contributed by atoms with Crippen LogP contribution in [0, 0.1) is 0 Å². The molecule has 3 rings (SSSR count). The molecule has 0 saturated heterocycles. The van der Waals surface area contributed by atoms with E-state index in [0.717, 1.165) is 16.9 Å². The molecule has 0 bridgehead atoms. The number of imidazole rings is 1. The normalized spacial score (nSPS) is 15.2. The van der Waals surface area contributed by atoms with Crippen LogP contribution in [0.15, 0.2) is 12.1 Å². The van der Waals surface area contributed by atoms with Crippen molar-refractivity contribution in [2.45, 2.75) is 32.9 Å². The first-order valence-corrected chi connectivity index (χ1v) is 6.88. The fraction of sp³-hybridized carbons (Fsp3) is 0.467. The first-order chi connectivity index (χ1) is 9.45. The van der Waals surface area contributed by atoms with E-state index in [1.165, 1.54) is 11.1 Å². The lowest BCUT2D eigenvalue weighted by Crippen LogP contribution is -2.24. The molecule has 5 heteroatoms. The quantitative estimate of drug-likeness (QED) is 0.930. The van der Waals surface area contributed by atoms with Gasteiger partial charge >= 0.3 is 5.97 Å². The molecule has 0 unspecified atom stereocenters. The molecule has 1 aliphatic rings. The molecule has 1 N–H and O–H groups in total. The van der Waals surface area contributed by atoms with Gasteiger partial charge in [0.25, 0.3) is 0 Å². The molecule has 2 heterocycles. The van der Waals surface area contributed by atoms with Crippen molar-refractivity contribution in [1.29, 1.82) is 0 Å². The summed E-state index contributed by atoms with van der Waals surface area (Å²) >= 11 is 0. The minimum absolute atomic E-state index is 0.0930. The fourth-order valence-corrected chi connectivity index (χ4v) is 2.99. The highest BCUT2D eigenvalue weighted by Crippen LogP contribution is 2.29. The van der Waals surface area contributed by atoms with Crippen LogP contribution in [0.4, 0.5) is 0 Å². The van der Waals surface area contributed by atoms with Crippen molar-refractivity contribution in [1.82, 2.24) is 14.5 Å². The Balaban J connectivity index is 2.00. The molecule has 0 atom stereocenters. The number of carboxylic acids is 1. The van der Waals surface area contributed by atoms with Crippen LogP contribution >= 0.6 is 0 Å². The van der Waals surface area contributed by atoms with Crippen molar-refractivity contribution < 1.29 is 9.90 Å². The number of aliphatic carboxylic acids is 1. The van der Waals surface area contributed by atoms with Crippen LogP contribution in [-0.4, -0.2) is 32.1 Å². The predicted molar refractivity (Wildman–Crippen MR) is 76.6 cm³/mol. The molecule has 0 fully saturated rings. The number of rotatable bonds is 3. The van der Waals surface area contributed by atoms with Gasteiger partial charge in [0, 0.05) is 26.1 Å². The smallest absolute Gasteiger partial charge is 0.317 e. The van der Waals surface area contributed by atoms with E-state index in [-0.39, 0.29) is 6.54 Å². The number of fused-ring (bicyclic) bond motifs is 2. The van der Waals surface area contributed by atoms with Crippen molar-refractivity contribution in [3.8, 4) is 0 Å². The number of hydrogen-bond acceptors (Lipinski definition) is 3. The second-order valence-corrected chi connectivity index (χ2v) is 5.83. The van der Waals surface area contributed by atoms with Crippen molar-refractivity contribution >= 4 is 17.0 Å². The number of carboxylic acid groups (broad SMARTS) is 1. The molecular formula is C15H19N3O2. The lowest BCUT2D eigenvalue weighted by molar-refractivity contribution is -0.138. The van der Waals surface area contributed by atoms with Gasteiger partial charge in [-0.05, 0) is 23.3 Å². The largest absolute Gasteiger partial charge is 0.480 e. The minimum Gasteiger partial charge on any atom is -0.480 e. The summed E-state index contributed by atoms with van der Waals surface area (Å²) in [6.07, 6.45) is 0. The molecule has 20 heavy (non-hydrogen) atoms. The van der Waals surface area contributed by atoms with Crippen LogP contribution in [0.1, 0.15) is 36.7 Å². The lowest BCUT2D eigenvalue weighted by Gasteiger charge is -2.10. The van der Waals surface area contributed by atoms with Gasteiger partial charge in [0.2, 0.25) is 0 Å². The lowest BCUT2D eigenvalue weighted by atomic mass is 10.1. The van der Waals surface area contributed by atoms with E-state index in [4.69, 9.17) is 10.1 Å². The molecule has 0 amide bonds. The summed E-state index contributed by atoms with van der Waals surface area (Å²) in [7, 11) is 2.04. The summed E-state index contributed by atoms with van der Waals surface area (Å²) in [5.74, 6) is 0.708. The van der Waals surface area contributed by atoms with Gasteiger partial charge in [-0.1, -0.05) is 13.8 Å². The van der Waals surface area contributed by atoms with Crippen molar-refractivity contribution in [3.05, 3.63) is 29.1 Å². The molecule has 0 saturated carbocycles. The number of nitrogens with zero attached hydrogens (tertiary/aromatic N) is 3. The summed E-state index contributed by atoms with van der Waals surface area (Å²) in [5.41, 5.74) is 4.56. The van der Waals surface area contributed by atoms with Crippen LogP contribution in [0.3, 0.4) is 0 Å². The molecule has 0 spiro atoms. The number of benzene rings is 1. The van der Waals surface area contributed by atoms with Gasteiger partial charge in [0.15, 0.2) is 0 Å². The Morgan fingerprint density at radius 2 is 2.00 bits per heavy atom. The third kappa shape index (κ3) is 2.08. The van der Waals surface area contributed by atoms with Gasteiger partial charge in [-0.25, -0.2) is 4.98 Å². The maximum Gasteiger partial charge on any atom is 0.317 e. The maximum atomic E-state index is 10.8. The van der Waals surface area contributed by atoms with E-state index < -0.39 is 5.97 Å². The Morgan fingerprint density at radius 1 is 1.35 bits per heavy atom. The predicted octanol–water partition coefficient (Wildman–Crippen LogP) is 2.10. The van der Waals surface area contributed by atoms with Gasteiger partial charge in [-0.2, -0.15) is 0 Å². The summed E-state index contributed by atoms with van der Waals surface area (Å²) in [6.45, 7) is 5.79. The van der Waals surface area contributed by atoms with E-state index >= 15 is 0 Å². The summed E-state index contributed by atoms with van der Waals surface area (Å²) in [6, 6.07) is 4.27. The first-order valence-electron chi connectivity index (χ1n) is 6.88. The Bertz CT molecular complexity index is 688. The highest BCUT2D eigenvalue weighted by Gasteiger charge is 2.23. The van der Waals surface area contributed by atoms with Gasteiger partial charge < -0.3 is 9.67 Å². The van der Waals surface area contributed by atoms with E-state index in [2.05, 4.69) is 30.5 Å². The zero-order valence-corrected chi connectivity index (χ0v) is 12.1. The number of aromatic nitrogens is 2. The second kappa shape index (κ2) is 4.59. The molecule has 1 aliphatic heterocycles. The molecule has 106 valence electrons. The third-order valence-electron chi connectivity index (χ3n) is 3.90. The molecule has 1 aromatic heterocycles. The SMILES string of the molecule is CC(C)c1nc2cc3c(cc2n1C)CN(CC(=O)O)C3. The van der Waals surface area contributed by atoms with E-state index in [1.807, 2.05) is 11.9 Å². The third-order valence-corrected chi connectivity index (χ3v) is 3.90.